The van der Waals surface area contributed by atoms with Crippen molar-refractivity contribution < 1.29 is 4.74 Å². The fourth-order valence-corrected chi connectivity index (χ4v) is 4.38. The van der Waals surface area contributed by atoms with Crippen molar-refractivity contribution in [1.82, 2.24) is 20.4 Å². The van der Waals surface area contributed by atoms with Gasteiger partial charge in [0.15, 0.2) is 5.96 Å². The zero-order valence-corrected chi connectivity index (χ0v) is 17.6. The molecule has 0 spiro atoms. The Morgan fingerprint density at radius 2 is 1.73 bits per heavy atom. The summed E-state index contributed by atoms with van der Waals surface area (Å²) in [5, 5.41) is 7.26. The topological polar surface area (TPSA) is 52.1 Å². The van der Waals surface area contributed by atoms with Gasteiger partial charge in [-0.25, -0.2) is 0 Å². The van der Waals surface area contributed by atoms with E-state index >= 15 is 0 Å². The number of hydrogen-bond acceptors (Lipinski definition) is 4. The van der Waals surface area contributed by atoms with E-state index in [1.54, 1.807) is 0 Å². The number of guanidine groups is 1. The molecule has 2 heterocycles. The van der Waals surface area contributed by atoms with Crippen LogP contribution in [0.2, 0.25) is 0 Å². The second kappa shape index (κ2) is 8.03. The van der Waals surface area contributed by atoms with E-state index in [4.69, 9.17) is 4.74 Å². The molecule has 1 saturated carbocycles. The minimum atomic E-state index is 0.0608. The van der Waals surface area contributed by atoms with Crippen LogP contribution in [0.5, 0.6) is 0 Å². The van der Waals surface area contributed by atoms with Crippen LogP contribution in [0.1, 0.15) is 47.5 Å². The van der Waals surface area contributed by atoms with Gasteiger partial charge < -0.3 is 15.4 Å². The highest BCUT2D eigenvalue weighted by Gasteiger charge is 2.38. The van der Waals surface area contributed by atoms with E-state index in [0.29, 0.717) is 24.2 Å². The maximum atomic E-state index is 5.89. The number of ether oxygens (including phenoxy) is 1. The number of aliphatic imine (C=N–C) groups is 1. The highest BCUT2D eigenvalue weighted by molar-refractivity contribution is 5.80. The summed E-state index contributed by atoms with van der Waals surface area (Å²) in [7, 11) is 1.87. The van der Waals surface area contributed by atoms with Crippen molar-refractivity contribution in [3.63, 3.8) is 0 Å². The number of morpholine rings is 1. The molecule has 26 heavy (non-hydrogen) atoms. The summed E-state index contributed by atoms with van der Waals surface area (Å²) in [4.78, 5) is 9.67. The molecule has 150 valence electrons. The molecule has 4 atom stereocenters. The first kappa shape index (κ1) is 19.9. The maximum Gasteiger partial charge on any atom is 0.191 e. The van der Waals surface area contributed by atoms with E-state index in [-0.39, 0.29) is 5.54 Å². The van der Waals surface area contributed by atoms with Gasteiger partial charge in [0.2, 0.25) is 0 Å². The van der Waals surface area contributed by atoms with Crippen molar-refractivity contribution in [2.45, 2.75) is 77.3 Å². The predicted octanol–water partition coefficient (Wildman–Crippen LogP) is 1.52. The molecule has 2 aliphatic heterocycles. The Labute approximate surface area is 159 Å². The Morgan fingerprint density at radius 1 is 1.08 bits per heavy atom. The molecule has 3 fully saturated rings. The number of hydrogen-bond donors (Lipinski definition) is 2. The molecule has 3 rings (SSSR count). The second-order valence-electron chi connectivity index (χ2n) is 9.31. The van der Waals surface area contributed by atoms with Crippen LogP contribution in [0.4, 0.5) is 0 Å². The van der Waals surface area contributed by atoms with E-state index in [1.807, 2.05) is 7.05 Å². The van der Waals surface area contributed by atoms with Gasteiger partial charge in [-0.05, 0) is 46.5 Å². The molecule has 2 N–H and O–H groups in total. The van der Waals surface area contributed by atoms with Gasteiger partial charge in [0.05, 0.1) is 12.2 Å². The van der Waals surface area contributed by atoms with Crippen LogP contribution in [-0.4, -0.2) is 85.4 Å². The minimum Gasteiger partial charge on any atom is -0.373 e. The third-order valence-electron chi connectivity index (χ3n) is 6.21. The van der Waals surface area contributed by atoms with Crippen molar-refractivity contribution >= 4 is 5.96 Å². The highest BCUT2D eigenvalue weighted by atomic mass is 16.5. The first-order chi connectivity index (χ1) is 12.3. The summed E-state index contributed by atoms with van der Waals surface area (Å²) in [6, 6.07) is 1.34. The average molecular weight is 366 g/mol. The highest BCUT2D eigenvalue weighted by Crippen LogP contribution is 2.31. The lowest BCUT2D eigenvalue weighted by Gasteiger charge is -2.45. The zero-order chi connectivity index (χ0) is 18.9. The van der Waals surface area contributed by atoms with Gasteiger partial charge in [-0.2, -0.15) is 0 Å². The summed E-state index contributed by atoms with van der Waals surface area (Å²) in [5.41, 5.74) is 0.0608. The summed E-state index contributed by atoms with van der Waals surface area (Å²) >= 11 is 0. The van der Waals surface area contributed by atoms with E-state index < -0.39 is 0 Å². The number of nitrogens with one attached hydrogen (secondary N) is 2. The maximum absolute atomic E-state index is 5.89. The number of likely N-dealkylation sites (tertiary alicyclic amines) is 1. The molecule has 6 nitrogen and oxygen atoms in total. The van der Waals surface area contributed by atoms with E-state index in [9.17, 15) is 0 Å². The standard InChI is InChI=1S/C20H39N5O/c1-14-9-24(17-7-8-17)12-18(14)23-19(21-6)22-13-20(4,5)25-10-15(2)26-16(3)11-25/h14-18H,7-13H2,1-6H3,(H2,21,22,23). The molecule has 3 aliphatic rings. The molecular weight excluding hydrogens is 326 g/mol. The largest absolute Gasteiger partial charge is 0.373 e. The molecule has 0 aromatic heterocycles. The SMILES string of the molecule is CN=C(NCC(C)(C)N1CC(C)OC(C)C1)NC1CN(C2CC2)CC1C. The summed E-state index contributed by atoms with van der Waals surface area (Å²) in [6.07, 6.45) is 3.36. The van der Waals surface area contributed by atoms with Gasteiger partial charge in [0.25, 0.3) is 0 Å². The van der Waals surface area contributed by atoms with Gasteiger partial charge >= 0.3 is 0 Å². The van der Waals surface area contributed by atoms with Gasteiger partial charge in [-0.15, -0.1) is 0 Å². The minimum absolute atomic E-state index is 0.0608. The first-order valence-electron chi connectivity index (χ1n) is 10.4. The van der Waals surface area contributed by atoms with Crippen LogP contribution in [0, 0.1) is 5.92 Å². The van der Waals surface area contributed by atoms with Crippen LogP contribution in [0.25, 0.3) is 0 Å². The van der Waals surface area contributed by atoms with E-state index in [1.165, 1.54) is 19.4 Å². The van der Waals surface area contributed by atoms with Crippen LogP contribution in [0.3, 0.4) is 0 Å². The van der Waals surface area contributed by atoms with Crippen LogP contribution >= 0.6 is 0 Å². The molecule has 6 heteroatoms. The lowest BCUT2D eigenvalue weighted by molar-refractivity contribution is -0.0946. The van der Waals surface area contributed by atoms with Crippen molar-refractivity contribution in [1.29, 1.82) is 0 Å². The predicted molar refractivity (Wildman–Crippen MR) is 108 cm³/mol. The zero-order valence-electron chi connectivity index (χ0n) is 17.6. The van der Waals surface area contributed by atoms with Crippen molar-refractivity contribution in [2.75, 3.05) is 39.8 Å². The Kier molecular flexibility index (Phi) is 6.14. The molecule has 0 radical (unpaired) electrons. The fourth-order valence-electron chi connectivity index (χ4n) is 4.38. The Hall–Kier alpha value is -0.850. The van der Waals surface area contributed by atoms with Gasteiger partial charge in [-0.3, -0.25) is 14.8 Å². The molecule has 0 amide bonds. The average Bonchev–Trinajstić information content (AvgIpc) is 3.35. The third kappa shape index (κ3) is 4.90. The summed E-state index contributed by atoms with van der Waals surface area (Å²) in [5.74, 6) is 1.60. The third-order valence-corrected chi connectivity index (χ3v) is 6.21. The van der Waals surface area contributed by atoms with Crippen molar-refractivity contribution in [2.24, 2.45) is 10.9 Å². The normalized spacial score (nSPS) is 34.9. The van der Waals surface area contributed by atoms with Gasteiger partial charge in [0, 0.05) is 57.4 Å². The molecular formula is C20H39N5O. The van der Waals surface area contributed by atoms with Crippen molar-refractivity contribution in [3.05, 3.63) is 0 Å². The van der Waals surface area contributed by atoms with Crippen LogP contribution in [0.15, 0.2) is 4.99 Å². The second-order valence-corrected chi connectivity index (χ2v) is 9.31. The smallest absolute Gasteiger partial charge is 0.191 e. The summed E-state index contributed by atoms with van der Waals surface area (Å²) < 4.78 is 5.89. The lowest BCUT2D eigenvalue weighted by atomic mass is 10.00. The van der Waals surface area contributed by atoms with Crippen LogP contribution in [-0.2, 0) is 4.74 Å². The summed E-state index contributed by atoms with van der Waals surface area (Å²) in [6.45, 7) is 16.5. The lowest BCUT2D eigenvalue weighted by Crippen LogP contribution is -2.60. The van der Waals surface area contributed by atoms with Crippen LogP contribution < -0.4 is 10.6 Å². The fraction of sp³-hybridized carbons (Fsp3) is 0.950. The molecule has 0 aromatic carbocycles. The molecule has 1 aliphatic carbocycles. The quantitative estimate of drug-likeness (QED) is 0.572. The molecule has 0 bridgehead atoms. The van der Waals surface area contributed by atoms with Gasteiger partial charge in [0.1, 0.15) is 0 Å². The molecule has 0 aromatic rings. The number of nitrogens with zero attached hydrogens (tertiary/aromatic N) is 3. The molecule has 2 saturated heterocycles. The Bertz CT molecular complexity index is 494. The monoisotopic (exact) mass is 365 g/mol. The van der Waals surface area contributed by atoms with E-state index in [2.05, 4.69) is 60.0 Å². The number of rotatable bonds is 5. The van der Waals surface area contributed by atoms with Gasteiger partial charge in [-0.1, -0.05) is 6.92 Å². The van der Waals surface area contributed by atoms with Crippen molar-refractivity contribution in [3.8, 4) is 0 Å². The first-order valence-corrected chi connectivity index (χ1v) is 10.4. The Morgan fingerprint density at radius 3 is 2.31 bits per heavy atom. The Balaban J connectivity index is 1.50. The molecule has 4 unspecified atom stereocenters. The van der Waals surface area contributed by atoms with E-state index in [0.717, 1.165) is 38.2 Å².